The maximum absolute atomic E-state index is 12.6. The second kappa shape index (κ2) is 8.75. The van der Waals surface area contributed by atoms with Crippen LogP contribution in [0.5, 0.6) is 11.5 Å². The van der Waals surface area contributed by atoms with Gasteiger partial charge in [-0.3, -0.25) is 4.90 Å². The topological polar surface area (TPSA) is 77.5 Å². The van der Waals surface area contributed by atoms with Crippen LogP contribution >= 0.6 is 0 Å². The standard InChI is InChI=1S/C23H26N2O6/c1-28-19-9-8-18(14-20(19)29-2)25-16-23(31-22(25)27)10-12-24(13-11-23)21(26)30-15-17-6-4-3-5-7-17/h3-9,14H,10-13,15-16H2,1-2H3. The predicted molar refractivity (Wildman–Crippen MR) is 114 cm³/mol. The van der Waals surface area contributed by atoms with Crippen LogP contribution < -0.4 is 14.4 Å². The molecule has 0 unspecified atom stereocenters. The van der Waals surface area contributed by atoms with Crippen LogP contribution in [0, 0.1) is 0 Å². The fraction of sp³-hybridized carbons (Fsp3) is 0.391. The minimum absolute atomic E-state index is 0.239. The predicted octanol–water partition coefficient (Wildman–Crippen LogP) is 3.83. The molecule has 0 aromatic heterocycles. The molecule has 2 fully saturated rings. The van der Waals surface area contributed by atoms with Crippen LogP contribution in [-0.2, 0) is 16.1 Å². The van der Waals surface area contributed by atoms with Gasteiger partial charge in [-0.25, -0.2) is 9.59 Å². The number of anilines is 1. The van der Waals surface area contributed by atoms with Crippen molar-refractivity contribution in [3.05, 3.63) is 54.1 Å². The van der Waals surface area contributed by atoms with Crippen LogP contribution in [0.3, 0.4) is 0 Å². The molecule has 2 amide bonds. The van der Waals surface area contributed by atoms with Gasteiger partial charge in [-0.15, -0.1) is 0 Å². The third-order valence-electron chi connectivity index (χ3n) is 5.79. The molecule has 2 heterocycles. The van der Waals surface area contributed by atoms with Gasteiger partial charge in [-0.1, -0.05) is 30.3 Å². The van der Waals surface area contributed by atoms with E-state index in [1.165, 1.54) is 0 Å². The molecule has 2 aliphatic rings. The molecule has 2 aliphatic heterocycles. The van der Waals surface area contributed by atoms with E-state index in [-0.39, 0.29) is 12.7 Å². The van der Waals surface area contributed by atoms with Crippen LogP contribution in [0.15, 0.2) is 48.5 Å². The Labute approximate surface area is 181 Å². The van der Waals surface area contributed by atoms with Gasteiger partial charge in [-0.05, 0) is 17.7 Å². The molecule has 8 nitrogen and oxygen atoms in total. The first-order valence-electron chi connectivity index (χ1n) is 10.2. The molecule has 164 valence electrons. The summed E-state index contributed by atoms with van der Waals surface area (Å²) in [4.78, 5) is 28.3. The Hall–Kier alpha value is -3.42. The average Bonchev–Trinajstić information content (AvgIpc) is 3.13. The van der Waals surface area contributed by atoms with Crippen molar-refractivity contribution in [3.8, 4) is 11.5 Å². The number of hydrogen-bond acceptors (Lipinski definition) is 6. The van der Waals surface area contributed by atoms with Gasteiger partial charge < -0.3 is 23.8 Å². The summed E-state index contributed by atoms with van der Waals surface area (Å²) in [7, 11) is 3.12. The Kier molecular flexibility index (Phi) is 5.88. The van der Waals surface area contributed by atoms with E-state index in [4.69, 9.17) is 18.9 Å². The molecule has 2 saturated heterocycles. The van der Waals surface area contributed by atoms with Gasteiger partial charge in [0.2, 0.25) is 0 Å². The van der Waals surface area contributed by atoms with E-state index in [2.05, 4.69) is 0 Å². The summed E-state index contributed by atoms with van der Waals surface area (Å²) >= 11 is 0. The number of carbonyl (C=O) groups excluding carboxylic acids is 2. The van der Waals surface area contributed by atoms with E-state index in [1.807, 2.05) is 30.3 Å². The minimum Gasteiger partial charge on any atom is -0.493 e. The van der Waals surface area contributed by atoms with Gasteiger partial charge in [0.1, 0.15) is 12.2 Å². The lowest BCUT2D eigenvalue weighted by atomic mass is 9.91. The van der Waals surface area contributed by atoms with E-state index >= 15 is 0 Å². The number of benzene rings is 2. The quantitative estimate of drug-likeness (QED) is 0.723. The lowest BCUT2D eigenvalue weighted by Gasteiger charge is -2.36. The Morgan fingerprint density at radius 3 is 2.42 bits per heavy atom. The van der Waals surface area contributed by atoms with Gasteiger partial charge in [0, 0.05) is 32.0 Å². The van der Waals surface area contributed by atoms with Crippen molar-refractivity contribution in [3.63, 3.8) is 0 Å². The molecule has 2 aromatic carbocycles. The summed E-state index contributed by atoms with van der Waals surface area (Å²) in [5, 5.41) is 0. The number of nitrogens with zero attached hydrogens (tertiary/aromatic N) is 2. The van der Waals surface area contributed by atoms with Gasteiger partial charge >= 0.3 is 12.2 Å². The van der Waals surface area contributed by atoms with Crippen LogP contribution in [-0.4, -0.2) is 56.5 Å². The molecule has 0 bridgehead atoms. The van der Waals surface area contributed by atoms with Crippen molar-refractivity contribution < 1.29 is 28.5 Å². The normalized spacial score (nSPS) is 17.4. The number of ether oxygens (including phenoxy) is 4. The Morgan fingerprint density at radius 1 is 1.03 bits per heavy atom. The SMILES string of the molecule is COc1ccc(N2CC3(CCN(C(=O)OCc4ccccc4)CC3)OC2=O)cc1OC. The zero-order valence-electron chi connectivity index (χ0n) is 17.7. The maximum atomic E-state index is 12.6. The summed E-state index contributed by atoms with van der Waals surface area (Å²) in [5.41, 5.74) is 1.02. The molecule has 0 radical (unpaired) electrons. The number of carbonyl (C=O) groups is 2. The fourth-order valence-corrected chi connectivity index (χ4v) is 3.98. The number of amides is 2. The molecule has 31 heavy (non-hydrogen) atoms. The van der Waals surface area contributed by atoms with Crippen LogP contribution in [0.25, 0.3) is 0 Å². The van der Waals surface area contributed by atoms with E-state index in [9.17, 15) is 9.59 Å². The molecule has 0 atom stereocenters. The van der Waals surface area contributed by atoms with Crippen molar-refractivity contribution >= 4 is 17.9 Å². The van der Waals surface area contributed by atoms with Crippen molar-refractivity contribution in [1.29, 1.82) is 0 Å². The molecule has 2 aromatic rings. The third-order valence-corrected chi connectivity index (χ3v) is 5.79. The first kappa shape index (κ1) is 20.8. The van der Waals surface area contributed by atoms with Crippen molar-refractivity contribution in [2.75, 3.05) is 38.8 Å². The molecule has 0 saturated carbocycles. The zero-order chi connectivity index (χ0) is 21.8. The first-order valence-corrected chi connectivity index (χ1v) is 10.2. The van der Waals surface area contributed by atoms with Crippen molar-refractivity contribution in [2.24, 2.45) is 0 Å². The maximum Gasteiger partial charge on any atom is 0.415 e. The lowest BCUT2D eigenvalue weighted by molar-refractivity contribution is -0.00107. The van der Waals surface area contributed by atoms with Crippen molar-refractivity contribution in [1.82, 2.24) is 4.90 Å². The Balaban J connectivity index is 1.36. The van der Waals surface area contributed by atoms with E-state index in [1.54, 1.807) is 42.2 Å². The molecule has 1 spiro atoms. The molecule has 0 N–H and O–H groups in total. The van der Waals surface area contributed by atoms with Gasteiger partial charge in [-0.2, -0.15) is 0 Å². The van der Waals surface area contributed by atoms with E-state index < -0.39 is 11.7 Å². The average molecular weight is 426 g/mol. The monoisotopic (exact) mass is 426 g/mol. The number of likely N-dealkylation sites (tertiary alicyclic amines) is 1. The summed E-state index contributed by atoms with van der Waals surface area (Å²) in [6.07, 6.45) is 0.374. The summed E-state index contributed by atoms with van der Waals surface area (Å²) in [6, 6.07) is 14.9. The fourth-order valence-electron chi connectivity index (χ4n) is 3.98. The third kappa shape index (κ3) is 4.38. The smallest absolute Gasteiger partial charge is 0.415 e. The lowest BCUT2D eigenvalue weighted by Crippen LogP contribution is -2.48. The minimum atomic E-state index is -0.611. The number of piperidine rings is 1. The second-order valence-corrected chi connectivity index (χ2v) is 7.70. The van der Waals surface area contributed by atoms with E-state index in [0.29, 0.717) is 49.7 Å². The van der Waals surface area contributed by atoms with Crippen molar-refractivity contribution in [2.45, 2.75) is 25.0 Å². The number of hydrogen-bond donors (Lipinski definition) is 0. The molecule has 8 heteroatoms. The Morgan fingerprint density at radius 2 is 1.74 bits per heavy atom. The second-order valence-electron chi connectivity index (χ2n) is 7.70. The van der Waals surface area contributed by atoms with Gasteiger partial charge in [0.25, 0.3) is 0 Å². The van der Waals surface area contributed by atoms with Crippen LogP contribution in [0.4, 0.5) is 15.3 Å². The summed E-state index contributed by atoms with van der Waals surface area (Å²) in [5.74, 6) is 1.14. The summed E-state index contributed by atoms with van der Waals surface area (Å²) < 4.78 is 21.8. The van der Waals surface area contributed by atoms with Crippen LogP contribution in [0.1, 0.15) is 18.4 Å². The number of methoxy groups -OCH3 is 2. The van der Waals surface area contributed by atoms with Gasteiger partial charge in [0.15, 0.2) is 11.5 Å². The molecule has 4 rings (SSSR count). The largest absolute Gasteiger partial charge is 0.493 e. The highest BCUT2D eigenvalue weighted by molar-refractivity contribution is 5.90. The highest BCUT2D eigenvalue weighted by atomic mass is 16.6. The highest BCUT2D eigenvalue weighted by Crippen LogP contribution is 2.38. The van der Waals surface area contributed by atoms with Crippen LogP contribution in [0.2, 0.25) is 0 Å². The molecular weight excluding hydrogens is 400 g/mol. The summed E-state index contributed by atoms with van der Waals surface area (Å²) in [6.45, 7) is 1.61. The molecular formula is C23H26N2O6. The van der Waals surface area contributed by atoms with Gasteiger partial charge in [0.05, 0.1) is 26.5 Å². The van der Waals surface area contributed by atoms with E-state index in [0.717, 1.165) is 5.56 Å². The molecule has 0 aliphatic carbocycles. The number of rotatable bonds is 5. The first-order chi connectivity index (χ1) is 15.0. The zero-order valence-corrected chi connectivity index (χ0v) is 17.7. The Bertz CT molecular complexity index is 940. The highest BCUT2D eigenvalue weighted by Gasteiger charge is 2.48.